The van der Waals surface area contributed by atoms with Gasteiger partial charge in [0.25, 0.3) is 0 Å². The third kappa shape index (κ3) is 7.00. The van der Waals surface area contributed by atoms with E-state index in [4.69, 9.17) is 0 Å². The zero-order chi connectivity index (χ0) is 24.6. The Labute approximate surface area is 202 Å². The molecule has 3 nitrogen and oxygen atoms in total. The highest BCUT2D eigenvalue weighted by Gasteiger charge is 2.27. The van der Waals surface area contributed by atoms with Crippen LogP contribution in [0, 0.1) is 11.6 Å². The van der Waals surface area contributed by atoms with E-state index in [2.05, 4.69) is 91.9 Å². The van der Waals surface area contributed by atoms with Crippen LogP contribution in [0.25, 0.3) is 0 Å². The summed E-state index contributed by atoms with van der Waals surface area (Å²) in [5, 5.41) is 0. The maximum Gasteiger partial charge on any atom is 0.166 e. The van der Waals surface area contributed by atoms with Gasteiger partial charge in [-0.3, -0.25) is 0 Å². The molecular weight excluding hydrogens is 474 g/mol. The molecule has 4 rings (SSSR count). The van der Waals surface area contributed by atoms with Gasteiger partial charge >= 0.3 is 0 Å². The topological polar surface area (TPSA) is 57.2 Å². The van der Waals surface area contributed by atoms with Crippen molar-refractivity contribution in [1.82, 2.24) is 0 Å². The van der Waals surface area contributed by atoms with Crippen molar-refractivity contribution in [2.24, 2.45) is 0 Å². The lowest BCUT2D eigenvalue weighted by Gasteiger charge is -2.08. The minimum atomic E-state index is -4.84. The Morgan fingerprint density at radius 1 is 0.735 bits per heavy atom. The molecule has 0 unspecified atom stereocenters. The van der Waals surface area contributed by atoms with Crippen LogP contribution in [0.2, 0.25) is 0 Å². The third-order valence-electron chi connectivity index (χ3n) is 4.82. The Kier molecular flexibility index (Phi) is 8.98. The molecule has 4 aromatic rings. The molecule has 0 atom stereocenters. The summed E-state index contributed by atoms with van der Waals surface area (Å²) < 4.78 is 55.5. The van der Waals surface area contributed by atoms with Gasteiger partial charge in [0, 0.05) is 6.07 Å². The van der Waals surface area contributed by atoms with E-state index in [1.165, 1.54) is 26.7 Å². The van der Waals surface area contributed by atoms with Crippen LogP contribution < -0.4 is 0 Å². The molecule has 0 spiro atoms. The molecule has 0 fully saturated rings. The van der Waals surface area contributed by atoms with Crippen molar-refractivity contribution in [3.63, 3.8) is 0 Å². The molecule has 0 aliphatic rings. The molecule has 0 aromatic heterocycles. The highest BCUT2D eigenvalue weighted by Crippen LogP contribution is 2.31. The first-order chi connectivity index (χ1) is 16.3. The molecule has 0 aliphatic heterocycles. The lowest BCUT2D eigenvalue weighted by Crippen LogP contribution is -2.04. The monoisotopic (exact) mass is 498 g/mol. The van der Waals surface area contributed by atoms with Gasteiger partial charge in [-0.05, 0) is 60.5 Å². The van der Waals surface area contributed by atoms with Gasteiger partial charge in [-0.15, -0.1) is 0 Å². The smallest absolute Gasteiger partial charge is 0.166 e. The summed E-state index contributed by atoms with van der Waals surface area (Å²) in [5.74, 6) is -2.30. The summed E-state index contributed by atoms with van der Waals surface area (Å²) in [6, 6.07) is 32.4. The molecule has 0 radical (unpaired) electrons. The first kappa shape index (κ1) is 25.6. The van der Waals surface area contributed by atoms with Gasteiger partial charge in [-0.25, -0.2) is 17.2 Å². The Morgan fingerprint density at radius 3 is 1.68 bits per heavy atom. The van der Waals surface area contributed by atoms with Gasteiger partial charge in [0.2, 0.25) is 0 Å². The summed E-state index contributed by atoms with van der Waals surface area (Å²) in [6.07, 6.45) is 2.35. The van der Waals surface area contributed by atoms with Crippen LogP contribution in [-0.2, 0) is 27.4 Å². The Morgan fingerprint density at radius 2 is 1.24 bits per heavy atom. The number of rotatable bonds is 6. The fourth-order valence-electron chi connectivity index (χ4n) is 3.28. The van der Waals surface area contributed by atoms with Crippen LogP contribution >= 0.6 is 0 Å². The minimum Gasteiger partial charge on any atom is -0.744 e. The van der Waals surface area contributed by atoms with Crippen molar-refractivity contribution in [1.29, 1.82) is 0 Å². The number of aryl methyl sites for hydroxylation is 1. The predicted octanol–water partition coefficient (Wildman–Crippen LogP) is 6.60. The van der Waals surface area contributed by atoms with Crippen molar-refractivity contribution in [3.05, 3.63) is 120 Å². The SMILES string of the molecule is CCCc1ccc([S+](c2ccccc2)c2ccccc2)cc1.O=S(=O)([O-])c1ccc(F)cc1F. The molecule has 0 N–H and O–H groups in total. The highest BCUT2D eigenvalue weighted by molar-refractivity contribution is 7.97. The second-order valence-corrected chi connectivity index (χ2v) is 10.7. The van der Waals surface area contributed by atoms with E-state index in [1.54, 1.807) is 0 Å². The van der Waals surface area contributed by atoms with Crippen LogP contribution in [0.3, 0.4) is 0 Å². The standard InChI is InChI=1S/C21H21S.C6H4F2O3S/c1-2-9-18-14-16-21(17-15-18)22(19-10-5-3-6-11-19)20-12-7-4-8-13-20;7-4-1-2-6(5(8)3-4)12(9,10)11/h3-8,10-17H,2,9H2,1H3;1-3H,(H,9,10,11)/q+1;/p-1. The lowest BCUT2D eigenvalue weighted by atomic mass is 10.1. The van der Waals surface area contributed by atoms with Gasteiger partial charge in [0.1, 0.15) is 21.8 Å². The van der Waals surface area contributed by atoms with Crippen LogP contribution in [0.4, 0.5) is 8.78 Å². The quantitative estimate of drug-likeness (QED) is 0.222. The summed E-state index contributed by atoms with van der Waals surface area (Å²) in [4.78, 5) is 3.09. The average molecular weight is 499 g/mol. The molecule has 0 aliphatic carbocycles. The molecule has 0 amide bonds. The van der Waals surface area contributed by atoms with E-state index in [-0.39, 0.29) is 10.9 Å². The summed E-state index contributed by atoms with van der Waals surface area (Å²) in [6.45, 7) is 2.23. The van der Waals surface area contributed by atoms with Crippen molar-refractivity contribution in [3.8, 4) is 0 Å². The van der Waals surface area contributed by atoms with Crippen molar-refractivity contribution in [2.75, 3.05) is 0 Å². The Hall–Kier alpha value is -3.00. The van der Waals surface area contributed by atoms with Crippen LogP contribution in [0.15, 0.2) is 123 Å². The molecule has 176 valence electrons. The van der Waals surface area contributed by atoms with Crippen molar-refractivity contribution < 1.29 is 21.8 Å². The molecule has 4 aromatic carbocycles. The molecule has 0 saturated heterocycles. The molecule has 0 saturated carbocycles. The Bertz CT molecular complexity index is 1260. The van der Waals surface area contributed by atoms with Gasteiger partial charge in [0.05, 0.1) is 15.8 Å². The largest absolute Gasteiger partial charge is 0.744 e. The third-order valence-corrected chi connectivity index (χ3v) is 7.92. The highest BCUT2D eigenvalue weighted by atomic mass is 32.2. The number of halogens is 2. The summed E-state index contributed by atoms with van der Waals surface area (Å²) in [7, 11) is -4.87. The second-order valence-electron chi connectivity index (χ2n) is 7.36. The van der Waals surface area contributed by atoms with Gasteiger partial charge < -0.3 is 4.55 Å². The molecular formula is C27H24F2O3S2. The van der Waals surface area contributed by atoms with Gasteiger partial charge in [-0.1, -0.05) is 61.9 Å². The number of hydrogen-bond acceptors (Lipinski definition) is 3. The Balaban J connectivity index is 0.000000229. The number of benzene rings is 4. The van der Waals surface area contributed by atoms with Crippen molar-refractivity contribution >= 4 is 21.0 Å². The molecule has 0 heterocycles. The van der Waals surface area contributed by atoms with E-state index in [0.717, 1.165) is 6.42 Å². The molecule has 0 bridgehead atoms. The first-order valence-electron chi connectivity index (χ1n) is 10.6. The van der Waals surface area contributed by atoms with E-state index in [9.17, 15) is 21.8 Å². The normalized spacial score (nSPS) is 11.1. The lowest BCUT2D eigenvalue weighted by molar-refractivity contribution is 0.453. The van der Waals surface area contributed by atoms with Crippen LogP contribution in [0.1, 0.15) is 18.9 Å². The van der Waals surface area contributed by atoms with Crippen molar-refractivity contribution in [2.45, 2.75) is 39.3 Å². The van der Waals surface area contributed by atoms with Gasteiger partial charge in [0.15, 0.2) is 14.7 Å². The molecule has 34 heavy (non-hydrogen) atoms. The molecule has 7 heteroatoms. The zero-order valence-corrected chi connectivity index (χ0v) is 20.2. The first-order valence-corrected chi connectivity index (χ1v) is 13.3. The second kappa shape index (κ2) is 11.9. The van der Waals surface area contributed by atoms with E-state index >= 15 is 0 Å². The van der Waals surface area contributed by atoms with Crippen LogP contribution in [-0.4, -0.2) is 13.0 Å². The number of hydrogen-bond donors (Lipinski definition) is 0. The minimum absolute atomic E-state index is 0.0268. The summed E-state index contributed by atoms with van der Waals surface area (Å²) in [5.41, 5.74) is 1.43. The van der Waals surface area contributed by atoms with E-state index in [1.807, 2.05) is 0 Å². The maximum atomic E-state index is 12.5. The average Bonchev–Trinajstić information content (AvgIpc) is 2.82. The summed E-state index contributed by atoms with van der Waals surface area (Å²) >= 11 is 0. The van der Waals surface area contributed by atoms with Gasteiger partial charge in [-0.2, -0.15) is 0 Å². The van der Waals surface area contributed by atoms with E-state index in [0.29, 0.717) is 18.2 Å². The van der Waals surface area contributed by atoms with Crippen LogP contribution in [0.5, 0.6) is 0 Å². The van der Waals surface area contributed by atoms with E-state index < -0.39 is 26.6 Å². The zero-order valence-electron chi connectivity index (χ0n) is 18.5. The predicted molar refractivity (Wildman–Crippen MR) is 130 cm³/mol. The fraction of sp³-hybridized carbons (Fsp3) is 0.111. The fourth-order valence-corrected chi connectivity index (χ4v) is 5.90. The maximum absolute atomic E-state index is 12.5.